The van der Waals surface area contributed by atoms with E-state index in [1.807, 2.05) is 23.1 Å². The monoisotopic (exact) mass is 361 g/mol. The first-order valence-corrected chi connectivity index (χ1v) is 9.91. The number of carbonyl (C=O) groups excluding carboxylic acids is 1. The van der Waals surface area contributed by atoms with Gasteiger partial charge < -0.3 is 9.47 Å². The minimum atomic E-state index is 0.175. The van der Waals surface area contributed by atoms with Crippen LogP contribution in [0, 0.1) is 13.8 Å². The van der Waals surface area contributed by atoms with Crippen molar-refractivity contribution in [3.8, 4) is 0 Å². The third-order valence-corrected chi connectivity index (χ3v) is 5.77. The number of nitrogens with zero attached hydrogens (tertiary/aromatic N) is 3. The lowest BCUT2D eigenvalue weighted by molar-refractivity contribution is 0.0694. The molecule has 4 rings (SSSR count). The fraction of sp³-hybridized carbons (Fsp3) is 0.391. The van der Waals surface area contributed by atoms with Crippen LogP contribution in [0.5, 0.6) is 0 Å². The van der Waals surface area contributed by atoms with E-state index in [-0.39, 0.29) is 5.91 Å². The maximum Gasteiger partial charge on any atom is 0.254 e. The van der Waals surface area contributed by atoms with Gasteiger partial charge in [-0.3, -0.25) is 4.79 Å². The number of aromatic nitrogens is 2. The van der Waals surface area contributed by atoms with Gasteiger partial charge in [0.25, 0.3) is 5.91 Å². The van der Waals surface area contributed by atoms with Crippen molar-refractivity contribution >= 4 is 16.9 Å². The molecule has 27 heavy (non-hydrogen) atoms. The summed E-state index contributed by atoms with van der Waals surface area (Å²) in [5.41, 5.74) is 5.53. The van der Waals surface area contributed by atoms with Crippen molar-refractivity contribution in [2.75, 3.05) is 13.1 Å². The van der Waals surface area contributed by atoms with Crippen LogP contribution in [0.25, 0.3) is 11.0 Å². The molecule has 2 heterocycles. The minimum absolute atomic E-state index is 0.175. The molecule has 140 valence electrons. The lowest BCUT2D eigenvalue weighted by atomic mass is 10.0. The van der Waals surface area contributed by atoms with Crippen molar-refractivity contribution in [1.29, 1.82) is 0 Å². The van der Waals surface area contributed by atoms with Crippen molar-refractivity contribution in [3.63, 3.8) is 0 Å². The van der Waals surface area contributed by atoms with E-state index in [4.69, 9.17) is 4.98 Å². The number of imidazole rings is 1. The molecule has 4 nitrogen and oxygen atoms in total. The SMILES string of the molecule is CCc1ccccc1C(=O)N1CCC(n2c(C)nc3ccc(C)cc32)CC1. The highest BCUT2D eigenvalue weighted by molar-refractivity contribution is 5.95. The van der Waals surface area contributed by atoms with Gasteiger partial charge in [0, 0.05) is 24.7 Å². The fourth-order valence-corrected chi connectivity index (χ4v) is 4.32. The molecule has 0 atom stereocenters. The van der Waals surface area contributed by atoms with Crippen LogP contribution in [0.4, 0.5) is 0 Å². The second kappa shape index (κ2) is 7.18. The number of aryl methyl sites for hydroxylation is 3. The van der Waals surface area contributed by atoms with Crippen molar-refractivity contribution in [3.05, 3.63) is 65.0 Å². The van der Waals surface area contributed by atoms with E-state index in [9.17, 15) is 4.79 Å². The zero-order valence-corrected chi connectivity index (χ0v) is 16.4. The molecule has 1 fully saturated rings. The van der Waals surface area contributed by atoms with Gasteiger partial charge >= 0.3 is 0 Å². The summed E-state index contributed by atoms with van der Waals surface area (Å²) in [6.07, 6.45) is 2.83. The summed E-state index contributed by atoms with van der Waals surface area (Å²) in [6, 6.07) is 14.8. The second-order valence-electron chi connectivity index (χ2n) is 7.56. The summed E-state index contributed by atoms with van der Waals surface area (Å²) in [4.78, 5) is 19.8. The van der Waals surface area contributed by atoms with Crippen LogP contribution in [-0.2, 0) is 6.42 Å². The molecule has 0 bridgehead atoms. The standard InChI is InChI=1S/C23H27N3O/c1-4-18-7-5-6-8-20(18)23(27)25-13-11-19(12-14-25)26-17(3)24-21-10-9-16(2)15-22(21)26/h5-10,15,19H,4,11-14H2,1-3H3. The van der Waals surface area contributed by atoms with Crippen LogP contribution in [-0.4, -0.2) is 33.4 Å². The first kappa shape index (κ1) is 17.8. The molecule has 1 aliphatic rings. The number of amides is 1. The Balaban J connectivity index is 1.54. The average molecular weight is 361 g/mol. The Morgan fingerprint density at radius 1 is 1.11 bits per heavy atom. The highest BCUT2D eigenvalue weighted by atomic mass is 16.2. The van der Waals surface area contributed by atoms with Gasteiger partial charge in [0.15, 0.2) is 0 Å². The van der Waals surface area contributed by atoms with Gasteiger partial charge in [-0.2, -0.15) is 0 Å². The summed E-state index contributed by atoms with van der Waals surface area (Å²) in [6.45, 7) is 7.91. The van der Waals surface area contributed by atoms with E-state index in [0.717, 1.165) is 54.8 Å². The Bertz CT molecular complexity index is 980. The van der Waals surface area contributed by atoms with Crippen LogP contribution in [0.15, 0.2) is 42.5 Å². The average Bonchev–Trinajstić information content (AvgIpc) is 3.02. The van der Waals surface area contributed by atoms with Gasteiger partial charge in [0.2, 0.25) is 0 Å². The summed E-state index contributed by atoms with van der Waals surface area (Å²) in [5.74, 6) is 1.24. The molecule has 0 radical (unpaired) electrons. The number of piperidine rings is 1. The maximum atomic E-state index is 13.0. The zero-order valence-electron chi connectivity index (χ0n) is 16.4. The number of hydrogen-bond acceptors (Lipinski definition) is 2. The molecule has 1 aliphatic heterocycles. The van der Waals surface area contributed by atoms with Crippen LogP contribution in [0.1, 0.15) is 53.1 Å². The highest BCUT2D eigenvalue weighted by Crippen LogP contribution is 2.30. The van der Waals surface area contributed by atoms with E-state index >= 15 is 0 Å². The lowest BCUT2D eigenvalue weighted by Crippen LogP contribution is -2.39. The Morgan fingerprint density at radius 3 is 2.59 bits per heavy atom. The second-order valence-corrected chi connectivity index (χ2v) is 7.56. The molecule has 0 unspecified atom stereocenters. The van der Waals surface area contributed by atoms with E-state index in [2.05, 4.69) is 49.6 Å². The van der Waals surface area contributed by atoms with Crippen molar-refractivity contribution in [2.45, 2.75) is 46.1 Å². The number of likely N-dealkylation sites (tertiary alicyclic amines) is 1. The smallest absolute Gasteiger partial charge is 0.254 e. The Kier molecular flexibility index (Phi) is 4.73. The molecule has 2 aromatic carbocycles. The molecule has 1 saturated heterocycles. The number of hydrogen-bond donors (Lipinski definition) is 0. The van der Waals surface area contributed by atoms with Gasteiger partial charge in [0.1, 0.15) is 5.82 Å². The highest BCUT2D eigenvalue weighted by Gasteiger charge is 2.27. The number of carbonyl (C=O) groups is 1. The van der Waals surface area contributed by atoms with Gasteiger partial charge in [-0.15, -0.1) is 0 Å². The molecule has 0 aliphatic carbocycles. The van der Waals surface area contributed by atoms with Crippen LogP contribution in [0.2, 0.25) is 0 Å². The van der Waals surface area contributed by atoms with Gasteiger partial charge in [-0.25, -0.2) is 4.98 Å². The minimum Gasteiger partial charge on any atom is -0.338 e. The molecule has 4 heteroatoms. The lowest BCUT2D eigenvalue weighted by Gasteiger charge is -2.34. The topological polar surface area (TPSA) is 38.1 Å². The Labute approximate surface area is 160 Å². The molecule has 3 aromatic rings. The number of benzene rings is 2. The molecular weight excluding hydrogens is 334 g/mol. The van der Waals surface area contributed by atoms with Gasteiger partial charge in [-0.05, 0) is 62.4 Å². The van der Waals surface area contributed by atoms with Crippen LogP contribution >= 0.6 is 0 Å². The third kappa shape index (κ3) is 3.25. The summed E-state index contributed by atoms with van der Waals surface area (Å²) < 4.78 is 2.38. The molecule has 0 spiro atoms. The van der Waals surface area contributed by atoms with Crippen LogP contribution in [0.3, 0.4) is 0 Å². The van der Waals surface area contributed by atoms with Gasteiger partial charge in [0.05, 0.1) is 11.0 Å². The van der Waals surface area contributed by atoms with Crippen molar-refractivity contribution in [1.82, 2.24) is 14.5 Å². The largest absolute Gasteiger partial charge is 0.338 e. The predicted molar refractivity (Wildman–Crippen MR) is 109 cm³/mol. The molecule has 0 saturated carbocycles. The fourth-order valence-electron chi connectivity index (χ4n) is 4.32. The predicted octanol–water partition coefficient (Wildman–Crippen LogP) is 4.69. The maximum absolute atomic E-state index is 13.0. The Hall–Kier alpha value is -2.62. The third-order valence-electron chi connectivity index (χ3n) is 5.77. The molecular formula is C23H27N3O. The van der Waals surface area contributed by atoms with E-state index < -0.39 is 0 Å². The zero-order chi connectivity index (χ0) is 19.0. The van der Waals surface area contributed by atoms with E-state index in [1.54, 1.807) is 0 Å². The first-order chi connectivity index (χ1) is 13.1. The number of fused-ring (bicyclic) bond motifs is 1. The van der Waals surface area contributed by atoms with E-state index in [1.165, 1.54) is 11.1 Å². The first-order valence-electron chi connectivity index (χ1n) is 9.91. The normalized spacial score (nSPS) is 15.4. The summed E-state index contributed by atoms with van der Waals surface area (Å²) in [5, 5.41) is 0. The quantitative estimate of drug-likeness (QED) is 0.678. The number of rotatable bonds is 3. The Morgan fingerprint density at radius 2 is 1.85 bits per heavy atom. The van der Waals surface area contributed by atoms with Crippen molar-refractivity contribution in [2.24, 2.45) is 0 Å². The van der Waals surface area contributed by atoms with Crippen LogP contribution < -0.4 is 0 Å². The van der Waals surface area contributed by atoms with Gasteiger partial charge in [-0.1, -0.05) is 31.2 Å². The molecule has 1 amide bonds. The summed E-state index contributed by atoms with van der Waals surface area (Å²) in [7, 11) is 0. The van der Waals surface area contributed by atoms with Crippen molar-refractivity contribution < 1.29 is 4.79 Å². The van der Waals surface area contributed by atoms with E-state index in [0.29, 0.717) is 6.04 Å². The summed E-state index contributed by atoms with van der Waals surface area (Å²) >= 11 is 0. The molecule has 0 N–H and O–H groups in total. The molecule has 1 aromatic heterocycles.